The first-order valence-electron chi connectivity index (χ1n) is 10.7. The Morgan fingerprint density at radius 2 is 1.94 bits per heavy atom. The Labute approximate surface area is 184 Å². The number of pyridine rings is 1. The number of halogens is 3. The molecule has 2 N–H and O–H groups in total. The van der Waals surface area contributed by atoms with Gasteiger partial charge in [0.2, 0.25) is 5.91 Å². The van der Waals surface area contributed by atoms with Crippen LogP contribution >= 0.6 is 0 Å². The number of carbonyl (C=O) groups excluding carboxylic acids is 1. The molecule has 1 amide bonds. The number of anilines is 3. The highest BCUT2D eigenvalue weighted by Crippen LogP contribution is 2.36. The minimum Gasteiger partial charge on any atom is -0.367 e. The van der Waals surface area contributed by atoms with E-state index in [-0.39, 0.29) is 29.7 Å². The van der Waals surface area contributed by atoms with Crippen LogP contribution in [0.2, 0.25) is 0 Å². The van der Waals surface area contributed by atoms with Gasteiger partial charge in [-0.15, -0.1) is 0 Å². The number of fused-ring (bicyclic) bond motifs is 1. The zero-order chi connectivity index (χ0) is 23.2. The minimum absolute atomic E-state index is 0.0504. The molecular formula is C22H27F3N6O. The molecular weight excluding hydrogens is 421 g/mol. The van der Waals surface area contributed by atoms with Crippen LogP contribution in [0.25, 0.3) is 0 Å². The van der Waals surface area contributed by atoms with Crippen molar-refractivity contribution in [2.45, 2.75) is 58.3 Å². The first-order chi connectivity index (χ1) is 15.0. The van der Waals surface area contributed by atoms with Gasteiger partial charge in [-0.3, -0.25) is 4.79 Å². The van der Waals surface area contributed by atoms with Crippen LogP contribution in [0.4, 0.5) is 30.5 Å². The van der Waals surface area contributed by atoms with Gasteiger partial charge in [0, 0.05) is 19.5 Å². The van der Waals surface area contributed by atoms with Crippen molar-refractivity contribution in [1.82, 2.24) is 15.0 Å². The summed E-state index contributed by atoms with van der Waals surface area (Å²) in [7, 11) is 1.88. The summed E-state index contributed by atoms with van der Waals surface area (Å²) < 4.78 is 38.5. The maximum Gasteiger partial charge on any atom is 0.433 e. The van der Waals surface area contributed by atoms with Crippen LogP contribution in [-0.2, 0) is 17.4 Å². The molecule has 172 valence electrons. The monoisotopic (exact) mass is 448 g/mol. The largest absolute Gasteiger partial charge is 0.433 e. The molecule has 0 radical (unpaired) electrons. The van der Waals surface area contributed by atoms with E-state index in [2.05, 4.69) is 20.6 Å². The van der Waals surface area contributed by atoms with Crippen LogP contribution in [0, 0.1) is 18.8 Å². The topological polar surface area (TPSA) is 83.0 Å². The second-order valence-electron chi connectivity index (χ2n) is 9.00. The lowest BCUT2D eigenvalue weighted by atomic mass is 9.78. The molecule has 0 unspecified atom stereocenters. The molecule has 3 heterocycles. The fourth-order valence-electron chi connectivity index (χ4n) is 4.52. The van der Waals surface area contributed by atoms with Crippen molar-refractivity contribution in [3.8, 4) is 0 Å². The first-order valence-corrected chi connectivity index (χ1v) is 10.7. The van der Waals surface area contributed by atoms with E-state index in [9.17, 15) is 18.0 Å². The number of nitrogens with zero attached hydrogens (tertiary/aromatic N) is 4. The van der Waals surface area contributed by atoms with Crippen LogP contribution < -0.4 is 15.5 Å². The highest BCUT2D eigenvalue weighted by Gasteiger charge is 2.37. The van der Waals surface area contributed by atoms with Crippen molar-refractivity contribution in [1.29, 1.82) is 0 Å². The number of aryl methyl sites for hydroxylation is 1. The van der Waals surface area contributed by atoms with Crippen LogP contribution in [-0.4, -0.2) is 40.0 Å². The minimum atomic E-state index is -4.46. The maximum absolute atomic E-state index is 12.8. The molecule has 4 rings (SSSR count). The van der Waals surface area contributed by atoms with Crippen LogP contribution in [0.1, 0.15) is 43.9 Å². The smallest absolute Gasteiger partial charge is 0.367 e. The van der Waals surface area contributed by atoms with E-state index < -0.39 is 11.9 Å². The fourth-order valence-corrected chi connectivity index (χ4v) is 4.52. The summed E-state index contributed by atoms with van der Waals surface area (Å²) in [6.45, 7) is 5.86. The molecule has 0 aromatic carbocycles. The molecule has 7 nitrogen and oxygen atoms in total. The normalized spacial score (nSPS) is 22.9. The van der Waals surface area contributed by atoms with Crippen molar-refractivity contribution in [3.63, 3.8) is 0 Å². The standard InChI is InChI=1S/C22H27F3N6O/c1-11(2)19-21(32)30-18-12(3)26-17(29-20(18)31(19)4)10-13-8-14(9-13)27-16-7-5-6-15(28-16)22(23,24)25/h5-7,11,13-14,19H,8-10H2,1-4H3,(H,27,28)(H,30,32)/t13?,14?,19-/m0/s1. The number of likely N-dealkylation sites (N-methyl/N-ethyl adjacent to an activating group) is 1. The summed E-state index contributed by atoms with van der Waals surface area (Å²) in [5.74, 6) is 2.10. The zero-order valence-corrected chi connectivity index (χ0v) is 18.5. The van der Waals surface area contributed by atoms with E-state index in [1.165, 1.54) is 6.07 Å². The second-order valence-corrected chi connectivity index (χ2v) is 9.00. The van der Waals surface area contributed by atoms with Gasteiger partial charge in [0.1, 0.15) is 29.1 Å². The number of aromatic nitrogens is 3. The summed E-state index contributed by atoms with van der Waals surface area (Å²) in [6, 6.07) is 3.66. The highest BCUT2D eigenvalue weighted by atomic mass is 19.4. The molecule has 1 fully saturated rings. The lowest BCUT2D eigenvalue weighted by molar-refractivity contribution is -0.141. The number of hydrogen-bond donors (Lipinski definition) is 2. The molecule has 1 aliphatic carbocycles. The Bertz CT molecular complexity index is 1020. The zero-order valence-electron chi connectivity index (χ0n) is 18.5. The molecule has 0 bridgehead atoms. The summed E-state index contributed by atoms with van der Waals surface area (Å²) in [5, 5.41) is 6.04. The average molecular weight is 448 g/mol. The molecule has 0 saturated heterocycles. The number of amides is 1. The van der Waals surface area contributed by atoms with E-state index >= 15 is 0 Å². The van der Waals surface area contributed by atoms with E-state index in [1.54, 1.807) is 6.07 Å². The Morgan fingerprint density at radius 1 is 1.22 bits per heavy atom. The van der Waals surface area contributed by atoms with Crippen LogP contribution in [0.5, 0.6) is 0 Å². The van der Waals surface area contributed by atoms with Crippen molar-refractivity contribution < 1.29 is 18.0 Å². The molecule has 0 spiro atoms. The third kappa shape index (κ3) is 4.35. The molecule has 2 aliphatic rings. The molecule has 10 heteroatoms. The second kappa shape index (κ2) is 8.22. The van der Waals surface area contributed by atoms with E-state index in [4.69, 9.17) is 4.98 Å². The summed E-state index contributed by atoms with van der Waals surface area (Å²) in [5.41, 5.74) is 0.490. The summed E-state index contributed by atoms with van der Waals surface area (Å²) in [4.78, 5) is 27.4. The molecule has 2 aromatic rings. The van der Waals surface area contributed by atoms with Crippen LogP contribution in [0.3, 0.4) is 0 Å². The van der Waals surface area contributed by atoms with Gasteiger partial charge in [0.25, 0.3) is 0 Å². The molecule has 1 aliphatic heterocycles. The van der Waals surface area contributed by atoms with E-state index in [0.29, 0.717) is 23.9 Å². The van der Waals surface area contributed by atoms with E-state index in [0.717, 1.165) is 30.4 Å². The number of rotatable bonds is 5. The van der Waals surface area contributed by atoms with Crippen molar-refractivity contribution in [3.05, 3.63) is 35.4 Å². The lowest BCUT2D eigenvalue weighted by Gasteiger charge is -2.38. The lowest BCUT2D eigenvalue weighted by Crippen LogP contribution is -2.50. The highest BCUT2D eigenvalue weighted by molar-refractivity contribution is 6.03. The predicted octanol–water partition coefficient (Wildman–Crippen LogP) is 4.04. The average Bonchev–Trinajstić information content (AvgIpc) is 2.66. The van der Waals surface area contributed by atoms with Crippen molar-refractivity contribution in [2.24, 2.45) is 11.8 Å². The quantitative estimate of drug-likeness (QED) is 0.718. The Morgan fingerprint density at radius 3 is 2.59 bits per heavy atom. The Kier molecular flexibility index (Phi) is 5.72. The van der Waals surface area contributed by atoms with Gasteiger partial charge in [-0.05, 0) is 43.7 Å². The van der Waals surface area contributed by atoms with Gasteiger partial charge in [-0.25, -0.2) is 15.0 Å². The predicted molar refractivity (Wildman–Crippen MR) is 116 cm³/mol. The SMILES string of the molecule is Cc1nc(CC2CC(Nc3cccc(C(F)(F)F)n3)C2)nc2c1NC(=O)[C@H](C(C)C)N2C. The van der Waals surface area contributed by atoms with Crippen molar-refractivity contribution in [2.75, 3.05) is 22.6 Å². The van der Waals surface area contributed by atoms with Gasteiger partial charge >= 0.3 is 6.18 Å². The summed E-state index contributed by atoms with van der Waals surface area (Å²) in [6.07, 6.45) is -2.17. The van der Waals surface area contributed by atoms with Gasteiger partial charge in [-0.1, -0.05) is 19.9 Å². The molecule has 2 aromatic heterocycles. The third-order valence-corrected chi connectivity index (χ3v) is 6.12. The van der Waals surface area contributed by atoms with Gasteiger partial charge in [0.15, 0.2) is 5.82 Å². The number of carbonyl (C=O) groups is 1. The van der Waals surface area contributed by atoms with Gasteiger partial charge in [0.05, 0.1) is 5.69 Å². The first kappa shape index (κ1) is 22.3. The van der Waals surface area contributed by atoms with Gasteiger partial charge in [-0.2, -0.15) is 13.2 Å². The third-order valence-electron chi connectivity index (χ3n) is 6.12. The number of alkyl halides is 3. The molecule has 1 saturated carbocycles. The van der Waals surface area contributed by atoms with E-state index in [1.807, 2.05) is 32.7 Å². The Hall–Kier alpha value is -2.91. The van der Waals surface area contributed by atoms with Gasteiger partial charge < -0.3 is 15.5 Å². The Balaban J connectivity index is 1.40. The van der Waals surface area contributed by atoms with Crippen molar-refractivity contribution >= 4 is 23.2 Å². The number of nitrogens with one attached hydrogen (secondary N) is 2. The van der Waals surface area contributed by atoms with Crippen LogP contribution in [0.15, 0.2) is 18.2 Å². The molecule has 1 atom stereocenters. The number of hydrogen-bond acceptors (Lipinski definition) is 6. The fraction of sp³-hybridized carbons (Fsp3) is 0.545. The maximum atomic E-state index is 12.8. The molecule has 32 heavy (non-hydrogen) atoms. The summed E-state index contributed by atoms with van der Waals surface area (Å²) >= 11 is 0.